The SMILES string of the molecule is O=C(O)C(=O)Nc1ccc(C=Cc2nc3ccccc3s2)cc1. The summed E-state index contributed by atoms with van der Waals surface area (Å²) >= 11 is 1.61. The van der Waals surface area contributed by atoms with E-state index in [0.29, 0.717) is 5.69 Å². The number of para-hydroxylation sites is 1. The van der Waals surface area contributed by atoms with Crippen LogP contribution in [-0.4, -0.2) is 22.0 Å². The molecule has 0 saturated carbocycles. The van der Waals surface area contributed by atoms with Gasteiger partial charge in [0, 0.05) is 5.69 Å². The second-order valence-corrected chi connectivity index (χ2v) is 5.80. The van der Waals surface area contributed by atoms with Crippen LogP contribution in [-0.2, 0) is 9.59 Å². The summed E-state index contributed by atoms with van der Waals surface area (Å²) in [6.07, 6.45) is 3.84. The largest absolute Gasteiger partial charge is 0.474 e. The van der Waals surface area contributed by atoms with Gasteiger partial charge in [0.25, 0.3) is 0 Å². The van der Waals surface area contributed by atoms with Crippen LogP contribution in [0.2, 0.25) is 0 Å². The van der Waals surface area contributed by atoms with Gasteiger partial charge in [-0.3, -0.25) is 4.79 Å². The van der Waals surface area contributed by atoms with E-state index in [4.69, 9.17) is 5.11 Å². The zero-order valence-corrected chi connectivity index (χ0v) is 12.7. The monoisotopic (exact) mass is 324 g/mol. The fourth-order valence-electron chi connectivity index (χ4n) is 1.99. The molecular weight excluding hydrogens is 312 g/mol. The van der Waals surface area contributed by atoms with Crippen molar-refractivity contribution in [2.24, 2.45) is 0 Å². The van der Waals surface area contributed by atoms with Gasteiger partial charge in [0.2, 0.25) is 0 Å². The zero-order chi connectivity index (χ0) is 16.2. The number of carbonyl (C=O) groups excluding carboxylic acids is 1. The smallest absolute Gasteiger partial charge is 0.394 e. The highest BCUT2D eigenvalue weighted by Crippen LogP contribution is 2.23. The lowest BCUT2D eigenvalue weighted by Crippen LogP contribution is -2.21. The summed E-state index contributed by atoms with van der Waals surface area (Å²) in [4.78, 5) is 26.1. The van der Waals surface area contributed by atoms with Gasteiger partial charge in [-0.15, -0.1) is 11.3 Å². The summed E-state index contributed by atoms with van der Waals surface area (Å²) in [5.41, 5.74) is 2.34. The molecule has 1 heterocycles. The molecule has 0 aliphatic heterocycles. The van der Waals surface area contributed by atoms with E-state index in [0.717, 1.165) is 20.8 Å². The van der Waals surface area contributed by atoms with E-state index in [1.165, 1.54) is 0 Å². The van der Waals surface area contributed by atoms with Crippen LogP contribution in [0.1, 0.15) is 10.6 Å². The minimum absolute atomic E-state index is 0.439. The summed E-state index contributed by atoms with van der Waals surface area (Å²) in [6, 6.07) is 14.8. The highest BCUT2D eigenvalue weighted by atomic mass is 32.1. The number of fused-ring (bicyclic) bond motifs is 1. The number of thiazole rings is 1. The maximum Gasteiger partial charge on any atom is 0.394 e. The Balaban J connectivity index is 1.72. The third-order valence-corrected chi connectivity index (χ3v) is 4.09. The number of nitrogens with one attached hydrogen (secondary N) is 1. The number of carboxylic acids is 1. The van der Waals surface area contributed by atoms with Crippen LogP contribution in [0.15, 0.2) is 48.5 Å². The molecule has 1 aromatic heterocycles. The number of nitrogens with zero attached hydrogens (tertiary/aromatic N) is 1. The van der Waals surface area contributed by atoms with E-state index in [2.05, 4.69) is 10.3 Å². The van der Waals surface area contributed by atoms with E-state index >= 15 is 0 Å². The molecule has 2 N–H and O–H groups in total. The Labute approximate surface area is 135 Å². The second-order valence-electron chi connectivity index (χ2n) is 4.73. The van der Waals surface area contributed by atoms with Crippen molar-refractivity contribution < 1.29 is 14.7 Å². The molecule has 0 spiro atoms. The standard InChI is InChI=1S/C17H12N2O3S/c20-16(17(21)22)18-12-8-5-11(6-9-12)7-10-15-19-13-3-1-2-4-14(13)23-15/h1-10H,(H,18,20)(H,21,22). The number of carboxylic acid groups (broad SMARTS) is 1. The molecule has 0 radical (unpaired) electrons. The highest BCUT2D eigenvalue weighted by molar-refractivity contribution is 7.19. The first kappa shape index (κ1) is 14.9. The molecule has 0 unspecified atom stereocenters. The number of benzene rings is 2. The summed E-state index contributed by atoms with van der Waals surface area (Å²) in [6.45, 7) is 0. The lowest BCUT2D eigenvalue weighted by molar-refractivity contribution is -0.147. The Hall–Kier alpha value is -2.99. The van der Waals surface area contributed by atoms with Crippen LogP contribution in [0.5, 0.6) is 0 Å². The third kappa shape index (κ3) is 3.61. The molecule has 5 nitrogen and oxygen atoms in total. The van der Waals surface area contributed by atoms with Crippen molar-refractivity contribution in [2.75, 3.05) is 5.32 Å². The molecule has 23 heavy (non-hydrogen) atoms. The predicted molar refractivity (Wildman–Crippen MR) is 91.3 cm³/mol. The number of amides is 1. The minimum Gasteiger partial charge on any atom is -0.474 e. The molecule has 6 heteroatoms. The normalized spacial score (nSPS) is 11.0. The quantitative estimate of drug-likeness (QED) is 0.723. The Kier molecular flexibility index (Phi) is 4.16. The van der Waals surface area contributed by atoms with Crippen molar-refractivity contribution in [3.05, 3.63) is 59.1 Å². The van der Waals surface area contributed by atoms with Gasteiger partial charge in [-0.2, -0.15) is 0 Å². The average molecular weight is 324 g/mol. The fraction of sp³-hybridized carbons (Fsp3) is 0. The summed E-state index contributed by atoms with van der Waals surface area (Å²) in [5.74, 6) is -2.56. The Bertz CT molecular complexity index is 865. The Morgan fingerprint density at radius 3 is 2.48 bits per heavy atom. The Morgan fingerprint density at radius 1 is 1.04 bits per heavy atom. The van der Waals surface area contributed by atoms with E-state index < -0.39 is 11.9 Å². The molecule has 0 aliphatic rings. The predicted octanol–water partition coefficient (Wildman–Crippen LogP) is 3.49. The van der Waals surface area contributed by atoms with Gasteiger partial charge in [0.05, 0.1) is 10.2 Å². The van der Waals surface area contributed by atoms with E-state index in [-0.39, 0.29) is 0 Å². The van der Waals surface area contributed by atoms with Crippen LogP contribution in [0.4, 0.5) is 5.69 Å². The maximum absolute atomic E-state index is 11.1. The van der Waals surface area contributed by atoms with Crippen LogP contribution in [0.3, 0.4) is 0 Å². The van der Waals surface area contributed by atoms with E-state index in [1.54, 1.807) is 35.6 Å². The van der Waals surface area contributed by atoms with Crippen LogP contribution in [0.25, 0.3) is 22.4 Å². The van der Waals surface area contributed by atoms with Crippen molar-refractivity contribution in [3.63, 3.8) is 0 Å². The first-order valence-electron chi connectivity index (χ1n) is 6.80. The maximum atomic E-state index is 11.1. The molecule has 0 saturated heterocycles. The van der Waals surface area contributed by atoms with Crippen molar-refractivity contribution in [2.45, 2.75) is 0 Å². The lowest BCUT2D eigenvalue weighted by atomic mass is 10.2. The molecule has 1 amide bonds. The number of aliphatic carboxylic acids is 1. The zero-order valence-electron chi connectivity index (χ0n) is 11.9. The van der Waals surface area contributed by atoms with Crippen molar-refractivity contribution in [1.29, 1.82) is 0 Å². The number of rotatable bonds is 3. The summed E-state index contributed by atoms with van der Waals surface area (Å²) in [5, 5.41) is 11.7. The molecule has 114 valence electrons. The molecule has 0 aliphatic carbocycles. The highest BCUT2D eigenvalue weighted by Gasteiger charge is 2.10. The molecule has 0 atom stereocenters. The minimum atomic E-state index is -1.51. The fourth-order valence-corrected chi connectivity index (χ4v) is 2.86. The summed E-state index contributed by atoms with van der Waals surface area (Å²) < 4.78 is 1.14. The lowest BCUT2D eigenvalue weighted by Gasteiger charge is -2.01. The molecule has 3 aromatic rings. The van der Waals surface area contributed by atoms with Gasteiger partial charge in [-0.25, -0.2) is 9.78 Å². The van der Waals surface area contributed by atoms with Gasteiger partial charge in [0.15, 0.2) is 0 Å². The van der Waals surface area contributed by atoms with Gasteiger partial charge < -0.3 is 10.4 Å². The van der Waals surface area contributed by atoms with Gasteiger partial charge in [0.1, 0.15) is 5.01 Å². The second kappa shape index (κ2) is 6.41. The molecular formula is C17H12N2O3S. The molecule has 0 fully saturated rings. The topological polar surface area (TPSA) is 79.3 Å². The molecule has 2 aromatic carbocycles. The van der Waals surface area contributed by atoms with Crippen LogP contribution in [0, 0.1) is 0 Å². The third-order valence-electron chi connectivity index (χ3n) is 3.09. The molecule has 3 rings (SSSR count). The summed E-state index contributed by atoms with van der Waals surface area (Å²) in [7, 11) is 0. The van der Waals surface area contributed by atoms with Gasteiger partial charge >= 0.3 is 11.9 Å². The van der Waals surface area contributed by atoms with Gasteiger partial charge in [-0.05, 0) is 35.9 Å². The number of carbonyl (C=O) groups is 2. The van der Waals surface area contributed by atoms with Crippen molar-refractivity contribution >= 4 is 51.3 Å². The first-order chi connectivity index (χ1) is 11.1. The number of hydrogen-bond donors (Lipinski definition) is 2. The van der Waals surface area contributed by atoms with Crippen molar-refractivity contribution in [1.82, 2.24) is 4.98 Å². The van der Waals surface area contributed by atoms with E-state index in [1.807, 2.05) is 36.4 Å². The van der Waals surface area contributed by atoms with Gasteiger partial charge in [-0.1, -0.05) is 30.3 Å². The number of aromatic nitrogens is 1. The average Bonchev–Trinajstić information content (AvgIpc) is 2.97. The first-order valence-corrected chi connectivity index (χ1v) is 7.61. The van der Waals surface area contributed by atoms with Crippen LogP contribution >= 0.6 is 11.3 Å². The van der Waals surface area contributed by atoms with Crippen LogP contribution < -0.4 is 5.32 Å². The number of hydrogen-bond acceptors (Lipinski definition) is 4. The molecule has 0 bridgehead atoms. The Morgan fingerprint density at radius 2 is 1.78 bits per heavy atom. The number of anilines is 1. The van der Waals surface area contributed by atoms with Crippen molar-refractivity contribution in [3.8, 4) is 0 Å². The van der Waals surface area contributed by atoms with E-state index in [9.17, 15) is 9.59 Å².